The van der Waals surface area contributed by atoms with E-state index in [0.29, 0.717) is 6.42 Å². The normalized spacial score (nSPS) is 30.6. The minimum atomic E-state index is -3.01. The molecule has 1 saturated carbocycles. The van der Waals surface area contributed by atoms with Gasteiger partial charge in [-0.25, -0.2) is 12.8 Å². The molecule has 1 aromatic rings. The maximum absolute atomic E-state index is 12.9. The number of hydrogen-bond acceptors (Lipinski definition) is 3. The Bertz CT molecular complexity index is 641. The fourth-order valence-electron chi connectivity index (χ4n) is 3.01. The van der Waals surface area contributed by atoms with Crippen molar-refractivity contribution in [2.45, 2.75) is 31.2 Å². The molecule has 1 unspecified atom stereocenters. The van der Waals surface area contributed by atoms with E-state index in [-0.39, 0.29) is 41.1 Å². The lowest BCUT2D eigenvalue weighted by atomic mass is 10.1. The molecule has 1 heterocycles. The molecule has 0 radical (unpaired) electrons. The highest BCUT2D eigenvalue weighted by Crippen LogP contribution is 2.47. The van der Waals surface area contributed by atoms with Crippen LogP contribution in [0.15, 0.2) is 24.3 Å². The third-order valence-corrected chi connectivity index (χ3v) is 6.06. The van der Waals surface area contributed by atoms with Crippen molar-refractivity contribution >= 4 is 15.7 Å². The highest BCUT2D eigenvalue weighted by atomic mass is 32.2. The lowest BCUT2D eigenvalue weighted by Crippen LogP contribution is -2.43. The smallest absolute Gasteiger partial charge is 0.223 e. The van der Waals surface area contributed by atoms with Crippen LogP contribution in [0.1, 0.15) is 30.7 Å². The first-order chi connectivity index (χ1) is 9.94. The van der Waals surface area contributed by atoms with Crippen molar-refractivity contribution in [1.82, 2.24) is 5.32 Å². The van der Waals surface area contributed by atoms with E-state index in [1.54, 1.807) is 12.1 Å². The second-order valence-corrected chi connectivity index (χ2v) is 8.19. The van der Waals surface area contributed by atoms with E-state index in [1.165, 1.54) is 12.1 Å². The third kappa shape index (κ3) is 3.43. The number of carbonyl (C=O) groups excluding carboxylic acids is 1. The van der Waals surface area contributed by atoms with Crippen LogP contribution in [-0.2, 0) is 14.6 Å². The molecule has 6 heteroatoms. The molecule has 2 fully saturated rings. The number of nitrogens with one attached hydrogen (secondary N) is 1. The van der Waals surface area contributed by atoms with Crippen LogP contribution in [0.2, 0.25) is 0 Å². The fourth-order valence-corrected chi connectivity index (χ4v) is 4.64. The SMILES string of the molecule is O=C(NC1CCCS(=O)(=O)C1)[C@@H]1C[C@H]1c1ccc(F)cc1. The topological polar surface area (TPSA) is 63.2 Å². The van der Waals surface area contributed by atoms with Gasteiger partial charge in [0.05, 0.1) is 11.5 Å². The lowest BCUT2D eigenvalue weighted by Gasteiger charge is -2.23. The fraction of sp³-hybridized carbons (Fsp3) is 0.533. The molecule has 3 rings (SSSR count). The number of sulfone groups is 1. The number of halogens is 1. The number of amides is 1. The predicted octanol–water partition coefficient (Wildman–Crippen LogP) is 1.62. The Morgan fingerprint density at radius 1 is 1.24 bits per heavy atom. The zero-order chi connectivity index (χ0) is 15.0. The minimum absolute atomic E-state index is 0.0483. The first-order valence-corrected chi connectivity index (χ1v) is 9.03. The van der Waals surface area contributed by atoms with Crippen LogP contribution >= 0.6 is 0 Å². The molecule has 1 saturated heterocycles. The Kier molecular flexibility index (Phi) is 3.73. The summed E-state index contributed by atoms with van der Waals surface area (Å²) < 4.78 is 36.0. The molecule has 2 aliphatic rings. The molecule has 1 N–H and O–H groups in total. The number of carbonyl (C=O) groups is 1. The van der Waals surface area contributed by atoms with Crippen molar-refractivity contribution in [2.75, 3.05) is 11.5 Å². The summed E-state index contributed by atoms with van der Waals surface area (Å²) in [5.74, 6) is -0.0710. The van der Waals surface area contributed by atoms with E-state index in [4.69, 9.17) is 0 Å². The summed E-state index contributed by atoms with van der Waals surface area (Å²) in [6.07, 6.45) is 2.08. The van der Waals surface area contributed by atoms with Crippen LogP contribution in [0.5, 0.6) is 0 Å². The molecule has 1 aliphatic carbocycles. The molecular formula is C15H18FNO3S. The van der Waals surface area contributed by atoms with Gasteiger partial charge in [-0.15, -0.1) is 0 Å². The highest BCUT2D eigenvalue weighted by Gasteiger charge is 2.44. The van der Waals surface area contributed by atoms with Crippen molar-refractivity contribution < 1.29 is 17.6 Å². The van der Waals surface area contributed by atoms with E-state index < -0.39 is 9.84 Å². The second-order valence-electron chi connectivity index (χ2n) is 5.96. The summed E-state index contributed by atoms with van der Waals surface area (Å²) in [5.41, 5.74) is 0.966. The number of rotatable bonds is 3. The predicted molar refractivity (Wildman–Crippen MR) is 77.1 cm³/mol. The average Bonchev–Trinajstić information content (AvgIpc) is 3.18. The van der Waals surface area contributed by atoms with Gasteiger partial charge in [-0.05, 0) is 42.9 Å². The summed E-state index contributed by atoms with van der Waals surface area (Å²) in [7, 11) is -3.01. The van der Waals surface area contributed by atoms with Gasteiger partial charge in [0.2, 0.25) is 5.91 Å². The first kappa shape index (κ1) is 14.5. The van der Waals surface area contributed by atoms with Crippen LogP contribution < -0.4 is 5.32 Å². The van der Waals surface area contributed by atoms with E-state index in [9.17, 15) is 17.6 Å². The van der Waals surface area contributed by atoms with Gasteiger partial charge in [0.1, 0.15) is 5.82 Å². The maximum atomic E-state index is 12.9. The second kappa shape index (κ2) is 5.40. The summed E-state index contributed by atoms with van der Waals surface area (Å²) in [6, 6.07) is 5.95. The van der Waals surface area contributed by atoms with Gasteiger partial charge < -0.3 is 5.32 Å². The van der Waals surface area contributed by atoms with Crippen LogP contribution in [-0.4, -0.2) is 31.9 Å². The molecule has 0 bridgehead atoms. The van der Waals surface area contributed by atoms with Crippen LogP contribution in [0.25, 0.3) is 0 Å². The van der Waals surface area contributed by atoms with Gasteiger partial charge in [0, 0.05) is 12.0 Å². The van der Waals surface area contributed by atoms with Gasteiger partial charge in [0.15, 0.2) is 9.84 Å². The Morgan fingerprint density at radius 2 is 1.95 bits per heavy atom. The summed E-state index contributed by atoms with van der Waals surface area (Å²) in [6.45, 7) is 0. The molecule has 4 nitrogen and oxygen atoms in total. The highest BCUT2D eigenvalue weighted by molar-refractivity contribution is 7.91. The maximum Gasteiger partial charge on any atom is 0.223 e. The molecule has 1 aromatic carbocycles. The molecule has 1 amide bonds. The van der Waals surface area contributed by atoms with Crippen LogP contribution in [0.4, 0.5) is 4.39 Å². The summed E-state index contributed by atoms with van der Waals surface area (Å²) in [4.78, 5) is 12.2. The molecule has 114 valence electrons. The van der Waals surface area contributed by atoms with Crippen molar-refractivity contribution in [3.05, 3.63) is 35.6 Å². The van der Waals surface area contributed by atoms with Crippen molar-refractivity contribution in [2.24, 2.45) is 5.92 Å². The van der Waals surface area contributed by atoms with Gasteiger partial charge in [-0.2, -0.15) is 0 Å². The summed E-state index contributed by atoms with van der Waals surface area (Å²) >= 11 is 0. The zero-order valence-corrected chi connectivity index (χ0v) is 12.4. The zero-order valence-electron chi connectivity index (χ0n) is 11.6. The molecule has 21 heavy (non-hydrogen) atoms. The van der Waals surface area contributed by atoms with Crippen LogP contribution in [0, 0.1) is 11.7 Å². The minimum Gasteiger partial charge on any atom is -0.352 e. The Hall–Kier alpha value is -1.43. The molecule has 0 aromatic heterocycles. The van der Waals surface area contributed by atoms with E-state index in [0.717, 1.165) is 18.4 Å². The standard InChI is InChI=1S/C15H18FNO3S/c16-11-5-3-10(4-6-11)13-8-14(13)15(18)17-12-2-1-7-21(19,20)9-12/h3-6,12-14H,1-2,7-9H2,(H,17,18)/t12?,13-,14+/m0/s1. The van der Waals surface area contributed by atoms with Crippen LogP contribution in [0.3, 0.4) is 0 Å². The van der Waals surface area contributed by atoms with Gasteiger partial charge >= 0.3 is 0 Å². The largest absolute Gasteiger partial charge is 0.352 e. The molecule has 1 aliphatic heterocycles. The number of hydrogen-bond donors (Lipinski definition) is 1. The monoisotopic (exact) mass is 311 g/mol. The van der Waals surface area contributed by atoms with E-state index >= 15 is 0 Å². The lowest BCUT2D eigenvalue weighted by molar-refractivity contribution is -0.123. The quantitative estimate of drug-likeness (QED) is 0.922. The van der Waals surface area contributed by atoms with Gasteiger partial charge in [-0.3, -0.25) is 4.79 Å². The third-order valence-electron chi connectivity index (χ3n) is 4.23. The molecule has 3 atom stereocenters. The van der Waals surface area contributed by atoms with Crippen molar-refractivity contribution in [3.63, 3.8) is 0 Å². The molecular weight excluding hydrogens is 293 g/mol. The van der Waals surface area contributed by atoms with Gasteiger partial charge in [-0.1, -0.05) is 12.1 Å². The number of benzene rings is 1. The van der Waals surface area contributed by atoms with Crippen molar-refractivity contribution in [3.8, 4) is 0 Å². The van der Waals surface area contributed by atoms with Gasteiger partial charge in [0.25, 0.3) is 0 Å². The Balaban J connectivity index is 1.57. The van der Waals surface area contributed by atoms with E-state index in [1.807, 2.05) is 0 Å². The summed E-state index contributed by atoms with van der Waals surface area (Å²) in [5, 5.41) is 2.86. The Morgan fingerprint density at radius 3 is 2.62 bits per heavy atom. The van der Waals surface area contributed by atoms with E-state index in [2.05, 4.69) is 5.32 Å². The molecule has 0 spiro atoms. The average molecular weight is 311 g/mol. The first-order valence-electron chi connectivity index (χ1n) is 7.21. The Labute approximate surface area is 123 Å². The van der Waals surface area contributed by atoms with Crippen molar-refractivity contribution in [1.29, 1.82) is 0 Å².